The van der Waals surface area contributed by atoms with Crippen LogP contribution in [0.2, 0.25) is 5.02 Å². The van der Waals surface area contributed by atoms with Crippen molar-refractivity contribution in [2.45, 2.75) is 30.1 Å². The highest BCUT2D eigenvalue weighted by Gasteiger charge is 2.32. The van der Waals surface area contributed by atoms with Gasteiger partial charge in [-0.05, 0) is 30.0 Å². The van der Waals surface area contributed by atoms with Crippen molar-refractivity contribution in [3.63, 3.8) is 0 Å². The molecule has 0 aliphatic heterocycles. The molecule has 4 rings (SSSR count). The number of halogens is 3. The normalized spacial score (nSPS) is 18.8. The molecule has 174 valence electrons. The smallest absolute Gasteiger partial charge is 0.266 e. The first-order valence-electron chi connectivity index (χ1n) is 9.91. The summed E-state index contributed by atoms with van der Waals surface area (Å²) in [7, 11) is -4.41. The number of sulfonamides is 1. The van der Waals surface area contributed by atoms with Gasteiger partial charge in [-0.25, -0.2) is 22.2 Å². The van der Waals surface area contributed by atoms with Crippen LogP contribution in [0.5, 0.6) is 5.75 Å². The maximum absolute atomic E-state index is 14.6. The van der Waals surface area contributed by atoms with Crippen LogP contribution in [0.4, 0.5) is 13.9 Å². The van der Waals surface area contributed by atoms with Crippen molar-refractivity contribution in [2.24, 2.45) is 5.92 Å². The lowest BCUT2D eigenvalue weighted by Crippen LogP contribution is -2.28. The predicted molar refractivity (Wildman–Crippen MR) is 119 cm³/mol. The van der Waals surface area contributed by atoms with Crippen LogP contribution in [0.25, 0.3) is 0 Å². The molecular formula is C21H18ClF2N3O4S2. The number of ketones is 1. The molecular weight excluding hydrogens is 496 g/mol. The van der Waals surface area contributed by atoms with Gasteiger partial charge in [-0.2, -0.15) is 4.37 Å². The number of nitrogens with zero attached hydrogens (tertiary/aromatic N) is 2. The van der Waals surface area contributed by atoms with Crippen LogP contribution in [0.1, 0.15) is 30.7 Å². The van der Waals surface area contributed by atoms with Gasteiger partial charge in [-0.3, -0.25) is 9.52 Å². The van der Waals surface area contributed by atoms with Crippen molar-refractivity contribution >= 4 is 44.1 Å². The lowest BCUT2D eigenvalue weighted by Gasteiger charge is -2.31. The fraction of sp³-hybridized carbons (Fsp3) is 0.286. The van der Waals surface area contributed by atoms with Crippen LogP contribution in [0.3, 0.4) is 0 Å². The van der Waals surface area contributed by atoms with Crippen LogP contribution >= 0.6 is 23.1 Å². The molecule has 0 spiro atoms. The summed E-state index contributed by atoms with van der Waals surface area (Å²) < 4.78 is 65.2. The van der Waals surface area contributed by atoms with Crippen molar-refractivity contribution < 1.29 is 26.7 Å². The van der Waals surface area contributed by atoms with Gasteiger partial charge in [0.2, 0.25) is 5.13 Å². The molecule has 0 unspecified atom stereocenters. The van der Waals surface area contributed by atoms with E-state index in [1.165, 1.54) is 0 Å². The van der Waals surface area contributed by atoms with E-state index in [4.69, 9.17) is 16.3 Å². The number of rotatable bonds is 7. The number of aromatic nitrogens is 2. The molecule has 0 amide bonds. The highest BCUT2D eigenvalue weighted by atomic mass is 35.5. The highest BCUT2D eigenvalue weighted by Crippen LogP contribution is 2.37. The van der Waals surface area contributed by atoms with Gasteiger partial charge < -0.3 is 4.74 Å². The SMILES string of the molecule is O=C1CC[C@@H](c2ccc(Cl)cc2)[C@H](COc2cc(F)c(S(=O)(=O)Nc3ncns3)cc2F)C1. The molecule has 12 heteroatoms. The Kier molecular flexibility index (Phi) is 6.91. The van der Waals surface area contributed by atoms with Crippen molar-refractivity contribution in [3.8, 4) is 5.75 Å². The zero-order valence-electron chi connectivity index (χ0n) is 17.0. The molecule has 7 nitrogen and oxygen atoms in total. The van der Waals surface area contributed by atoms with E-state index >= 15 is 0 Å². The van der Waals surface area contributed by atoms with E-state index in [2.05, 4.69) is 9.36 Å². The third-order valence-corrected chi connectivity index (χ3v) is 7.72. The molecule has 1 aliphatic carbocycles. The number of ether oxygens (including phenoxy) is 1. The highest BCUT2D eigenvalue weighted by molar-refractivity contribution is 7.93. The summed E-state index contributed by atoms with van der Waals surface area (Å²) in [6.45, 7) is -0.0372. The quantitative estimate of drug-likeness (QED) is 0.487. The van der Waals surface area contributed by atoms with E-state index in [-0.39, 0.29) is 35.8 Å². The van der Waals surface area contributed by atoms with Crippen molar-refractivity contribution in [3.05, 3.63) is 64.9 Å². The predicted octanol–water partition coefficient (Wildman–Crippen LogP) is 4.80. The second-order valence-electron chi connectivity index (χ2n) is 7.58. The van der Waals surface area contributed by atoms with Crippen molar-refractivity contribution in [1.29, 1.82) is 0 Å². The van der Waals surface area contributed by atoms with E-state index in [1.54, 1.807) is 12.1 Å². The summed E-state index contributed by atoms with van der Waals surface area (Å²) in [5.41, 5.74) is 0.983. The minimum atomic E-state index is -4.41. The molecule has 0 radical (unpaired) electrons. The minimum Gasteiger partial charge on any atom is -0.490 e. The number of nitrogens with one attached hydrogen (secondary N) is 1. The first-order chi connectivity index (χ1) is 15.7. The molecule has 1 fully saturated rings. The molecule has 1 N–H and O–H groups in total. The number of anilines is 1. The van der Waals surface area contributed by atoms with E-state index in [0.29, 0.717) is 30.0 Å². The number of hydrogen-bond donors (Lipinski definition) is 1. The molecule has 2 atom stereocenters. The summed E-state index contributed by atoms with van der Waals surface area (Å²) in [6.07, 6.45) is 2.42. The Labute approximate surface area is 198 Å². The van der Waals surface area contributed by atoms with Gasteiger partial charge in [0, 0.05) is 47.4 Å². The summed E-state index contributed by atoms with van der Waals surface area (Å²) in [4.78, 5) is 14.8. The first-order valence-corrected chi connectivity index (χ1v) is 12.5. The molecule has 33 heavy (non-hydrogen) atoms. The summed E-state index contributed by atoms with van der Waals surface area (Å²) in [5, 5.41) is 0.511. The molecule has 2 aromatic carbocycles. The number of hydrogen-bond acceptors (Lipinski definition) is 7. The summed E-state index contributed by atoms with van der Waals surface area (Å²) in [5.74, 6) is -2.85. The topological polar surface area (TPSA) is 98.2 Å². The largest absolute Gasteiger partial charge is 0.490 e. The molecule has 1 aromatic heterocycles. The van der Waals surface area contributed by atoms with Crippen LogP contribution in [0, 0.1) is 17.6 Å². The summed E-state index contributed by atoms with van der Waals surface area (Å²) in [6, 6.07) is 8.51. The Bertz CT molecular complexity index is 1260. The summed E-state index contributed by atoms with van der Waals surface area (Å²) >= 11 is 6.71. The van der Waals surface area contributed by atoms with Crippen LogP contribution in [0.15, 0.2) is 47.6 Å². The molecule has 0 bridgehead atoms. The van der Waals surface area contributed by atoms with E-state index in [9.17, 15) is 22.0 Å². The third kappa shape index (κ3) is 5.48. The fourth-order valence-electron chi connectivity index (χ4n) is 3.82. The molecule has 0 saturated heterocycles. The maximum atomic E-state index is 14.6. The lowest BCUT2D eigenvalue weighted by atomic mass is 9.75. The first kappa shape index (κ1) is 23.5. The van der Waals surface area contributed by atoms with Gasteiger partial charge in [0.05, 0.1) is 6.61 Å². The zero-order valence-corrected chi connectivity index (χ0v) is 19.4. The van der Waals surface area contributed by atoms with E-state index in [0.717, 1.165) is 23.4 Å². The van der Waals surface area contributed by atoms with Gasteiger partial charge in [0.25, 0.3) is 10.0 Å². The Morgan fingerprint density at radius 2 is 1.94 bits per heavy atom. The van der Waals surface area contributed by atoms with E-state index < -0.39 is 32.3 Å². The number of carbonyl (C=O) groups excluding carboxylic acids is 1. The van der Waals surface area contributed by atoms with Gasteiger partial charge in [0.15, 0.2) is 11.6 Å². The monoisotopic (exact) mass is 513 g/mol. The van der Waals surface area contributed by atoms with Crippen LogP contribution < -0.4 is 9.46 Å². The number of carbonyl (C=O) groups is 1. The average Bonchev–Trinajstić information content (AvgIpc) is 3.27. The average molecular weight is 514 g/mol. The fourth-order valence-corrected chi connectivity index (χ4v) is 5.68. The minimum absolute atomic E-state index is 0.0105. The van der Waals surface area contributed by atoms with Gasteiger partial charge in [-0.15, -0.1) is 0 Å². The molecule has 1 saturated carbocycles. The second kappa shape index (κ2) is 9.70. The lowest BCUT2D eigenvalue weighted by molar-refractivity contribution is -0.122. The maximum Gasteiger partial charge on any atom is 0.266 e. The Morgan fingerprint density at radius 1 is 1.18 bits per heavy atom. The second-order valence-corrected chi connectivity index (χ2v) is 10.4. The molecule has 3 aromatic rings. The van der Waals surface area contributed by atoms with Gasteiger partial charge in [-0.1, -0.05) is 23.7 Å². The van der Waals surface area contributed by atoms with Crippen molar-refractivity contribution in [2.75, 3.05) is 11.3 Å². The standard InChI is InChI=1S/C21H18ClF2N3O4S2/c22-14-3-1-12(2-4-14)16-6-5-15(28)7-13(16)10-31-19-8-18(24)20(9-17(19)23)33(29,30)27-21-25-11-26-32-21/h1-4,8-9,11,13,16H,5-7,10H2,(H,25,26,27)/t13-,16-/m0/s1. The Balaban J connectivity index is 1.51. The Morgan fingerprint density at radius 3 is 2.64 bits per heavy atom. The zero-order chi connectivity index (χ0) is 23.6. The molecule has 1 heterocycles. The van der Waals surface area contributed by atoms with Gasteiger partial charge >= 0.3 is 0 Å². The number of benzene rings is 2. The molecule has 1 aliphatic rings. The number of Topliss-reactive ketones (excluding diaryl/α,β-unsaturated/α-hetero) is 1. The van der Waals surface area contributed by atoms with Crippen LogP contribution in [-0.4, -0.2) is 30.2 Å². The van der Waals surface area contributed by atoms with Crippen LogP contribution in [-0.2, 0) is 14.8 Å². The van der Waals surface area contributed by atoms with Crippen molar-refractivity contribution in [1.82, 2.24) is 9.36 Å². The van der Waals surface area contributed by atoms with Gasteiger partial charge in [0.1, 0.15) is 22.8 Å². The third-order valence-electron chi connectivity index (χ3n) is 5.40. The van der Waals surface area contributed by atoms with E-state index in [1.807, 2.05) is 16.9 Å². The Hall–Kier alpha value is -2.63.